The van der Waals surface area contributed by atoms with Crippen LogP contribution in [0.5, 0.6) is 0 Å². The topological polar surface area (TPSA) is 90.5 Å². The molecular formula is C24H26N6O2. The minimum absolute atomic E-state index is 0.164. The number of aromatic nitrogens is 2. The molecule has 164 valence electrons. The molecule has 1 aromatic heterocycles. The van der Waals surface area contributed by atoms with Gasteiger partial charge >= 0.3 is 0 Å². The van der Waals surface area contributed by atoms with Gasteiger partial charge in [-0.2, -0.15) is 0 Å². The Hall–Kier alpha value is -3.78. The summed E-state index contributed by atoms with van der Waals surface area (Å²) >= 11 is 0. The number of rotatable bonds is 6. The zero-order valence-corrected chi connectivity index (χ0v) is 17.9. The van der Waals surface area contributed by atoms with Crippen LogP contribution in [0.4, 0.5) is 11.6 Å². The molecule has 0 spiro atoms. The van der Waals surface area contributed by atoms with Crippen molar-refractivity contribution < 1.29 is 9.59 Å². The molecule has 1 atom stereocenters. The fourth-order valence-electron chi connectivity index (χ4n) is 3.85. The standard InChI is InChI=1S/C24H26N6O2/c1-25-22(31)21-17-29(16-18-7-3-2-4-8-18)13-14-30(21)23(32)19-9-5-10-20(15-19)28-24-26-11-6-12-27-24/h2-12,15,21H,13-14,16-17H2,1H3,(H,25,31)(H,26,27,28)/t21-/m1/s1. The fraction of sp³-hybridized carbons (Fsp3) is 0.250. The smallest absolute Gasteiger partial charge is 0.254 e. The molecule has 8 nitrogen and oxygen atoms in total. The third-order valence-electron chi connectivity index (χ3n) is 5.45. The lowest BCUT2D eigenvalue weighted by Gasteiger charge is -2.40. The molecule has 0 bridgehead atoms. The molecule has 1 aliphatic heterocycles. The highest BCUT2D eigenvalue weighted by Gasteiger charge is 2.35. The molecule has 1 fully saturated rings. The van der Waals surface area contributed by atoms with Crippen LogP contribution >= 0.6 is 0 Å². The van der Waals surface area contributed by atoms with Crippen LogP contribution in [-0.2, 0) is 11.3 Å². The van der Waals surface area contributed by atoms with Crippen LogP contribution in [0, 0.1) is 0 Å². The number of carbonyl (C=O) groups excluding carboxylic acids is 2. The molecule has 4 rings (SSSR count). The Morgan fingerprint density at radius 3 is 2.53 bits per heavy atom. The molecular weight excluding hydrogens is 404 g/mol. The Bertz CT molecular complexity index is 1060. The molecule has 0 unspecified atom stereocenters. The number of hydrogen-bond donors (Lipinski definition) is 2. The molecule has 8 heteroatoms. The van der Waals surface area contributed by atoms with Crippen molar-refractivity contribution in [1.82, 2.24) is 25.1 Å². The molecule has 2 aromatic carbocycles. The van der Waals surface area contributed by atoms with E-state index in [4.69, 9.17) is 0 Å². The second kappa shape index (κ2) is 10.0. The average molecular weight is 431 g/mol. The first-order chi connectivity index (χ1) is 15.6. The minimum atomic E-state index is -0.556. The van der Waals surface area contributed by atoms with Gasteiger partial charge in [-0.15, -0.1) is 0 Å². The summed E-state index contributed by atoms with van der Waals surface area (Å²) in [5.74, 6) is 0.119. The second-order valence-electron chi connectivity index (χ2n) is 7.63. The van der Waals surface area contributed by atoms with Gasteiger partial charge in [0, 0.05) is 56.9 Å². The number of anilines is 2. The number of nitrogens with one attached hydrogen (secondary N) is 2. The van der Waals surface area contributed by atoms with Crippen LogP contribution in [0.15, 0.2) is 73.1 Å². The van der Waals surface area contributed by atoms with Crippen molar-refractivity contribution >= 4 is 23.5 Å². The Morgan fingerprint density at radius 2 is 1.78 bits per heavy atom. The Morgan fingerprint density at radius 1 is 1.00 bits per heavy atom. The first-order valence-corrected chi connectivity index (χ1v) is 10.6. The monoisotopic (exact) mass is 430 g/mol. The van der Waals surface area contributed by atoms with Crippen molar-refractivity contribution in [2.75, 3.05) is 32.0 Å². The van der Waals surface area contributed by atoms with Crippen molar-refractivity contribution in [2.45, 2.75) is 12.6 Å². The van der Waals surface area contributed by atoms with E-state index in [9.17, 15) is 9.59 Å². The number of nitrogens with zero attached hydrogens (tertiary/aromatic N) is 4. The van der Waals surface area contributed by atoms with E-state index in [2.05, 4.69) is 37.6 Å². The summed E-state index contributed by atoms with van der Waals surface area (Å²) in [4.78, 5) is 38.2. The van der Waals surface area contributed by atoms with Crippen LogP contribution < -0.4 is 10.6 Å². The fourth-order valence-corrected chi connectivity index (χ4v) is 3.85. The molecule has 2 heterocycles. The lowest BCUT2D eigenvalue weighted by atomic mass is 10.1. The van der Waals surface area contributed by atoms with E-state index in [1.807, 2.05) is 24.3 Å². The maximum absolute atomic E-state index is 13.4. The third kappa shape index (κ3) is 5.09. The zero-order chi connectivity index (χ0) is 22.3. The Balaban J connectivity index is 1.49. The normalized spacial score (nSPS) is 16.4. The summed E-state index contributed by atoms with van der Waals surface area (Å²) in [6.07, 6.45) is 3.29. The summed E-state index contributed by atoms with van der Waals surface area (Å²) in [7, 11) is 1.60. The van der Waals surface area contributed by atoms with Gasteiger partial charge in [0.25, 0.3) is 5.91 Å². The van der Waals surface area contributed by atoms with E-state index in [1.54, 1.807) is 48.6 Å². The van der Waals surface area contributed by atoms with E-state index in [-0.39, 0.29) is 11.8 Å². The summed E-state index contributed by atoms with van der Waals surface area (Å²) in [6, 6.07) is 18.5. The first kappa shape index (κ1) is 21.5. The molecule has 1 saturated heterocycles. The van der Waals surface area contributed by atoms with Crippen molar-refractivity contribution in [3.63, 3.8) is 0 Å². The highest BCUT2D eigenvalue weighted by molar-refractivity contribution is 5.98. The van der Waals surface area contributed by atoms with Crippen molar-refractivity contribution in [2.24, 2.45) is 0 Å². The second-order valence-corrected chi connectivity index (χ2v) is 7.63. The van der Waals surface area contributed by atoms with Crippen molar-refractivity contribution in [3.05, 3.63) is 84.2 Å². The highest BCUT2D eigenvalue weighted by atomic mass is 16.2. The SMILES string of the molecule is CNC(=O)[C@H]1CN(Cc2ccccc2)CCN1C(=O)c1cccc(Nc2ncccn2)c1. The molecule has 2 amide bonds. The van der Waals surface area contributed by atoms with Crippen LogP contribution in [0.1, 0.15) is 15.9 Å². The molecule has 2 N–H and O–H groups in total. The van der Waals surface area contributed by atoms with Gasteiger partial charge in [-0.3, -0.25) is 14.5 Å². The first-order valence-electron chi connectivity index (χ1n) is 10.6. The van der Waals surface area contributed by atoms with Crippen molar-refractivity contribution in [1.29, 1.82) is 0 Å². The van der Waals surface area contributed by atoms with Gasteiger partial charge in [-0.1, -0.05) is 36.4 Å². The van der Waals surface area contributed by atoms with Gasteiger partial charge in [0.1, 0.15) is 6.04 Å². The number of benzene rings is 2. The average Bonchev–Trinajstić information content (AvgIpc) is 2.84. The quantitative estimate of drug-likeness (QED) is 0.624. The van der Waals surface area contributed by atoms with E-state index in [0.717, 1.165) is 6.54 Å². The number of hydrogen-bond acceptors (Lipinski definition) is 6. The van der Waals surface area contributed by atoms with Crippen molar-refractivity contribution in [3.8, 4) is 0 Å². The predicted octanol–water partition coefficient (Wildman–Crippen LogP) is 2.29. The van der Waals surface area contributed by atoms with E-state index in [0.29, 0.717) is 36.8 Å². The van der Waals surface area contributed by atoms with Crippen LogP contribution in [0.25, 0.3) is 0 Å². The summed E-state index contributed by atoms with van der Waals surface area (Å²) in [5.41, 5.74) is 2.41. The molecule has 32 heavy (non-hydrogen) atoms. The lowest BCUT2D eigenvalue weighted by Crippen LogP contribution is -2.60. The van der Waals surface area contributed by atoms with Gasteiger partial charge in [0.2, 0.25) is 11.9 Å². The molecule has 0 radical (unpaired) electrons. The summed E-state index contributed by atoms with van der Waals surface area (Å²) < 4.78 is 0. The van der Waals surface area contributed by atoms with Crippen LogP contribution in [-0.4, -0.2) is 64.3 Å². The van der Waals surface area contributed by atoms with Crippen LogP contribution in [0.3, 0.4) is 0 Å². The number of amides is 2. The van der Waals surface area contributed by atoms with Gasteiger partial charge in [-0.05, 0) is 29.8 Å². The Labute approximate surface area is 187 Å². The largest absolute Gasteiger partial charge is 0.357 e. The minimum Gasteiger partial charge on any atom is -0.357 e. The predicted molar refractivity (Wildman–Crippen MR) is 122 cm³/mol. The maximum atomic E-state index is 13.4. The van der Waals surface area contributed by atoms with E-state index >= 15 is 0 Å². The Kier molecular flexibility index (Phi) is 6.72. The van der Waals surface area contributed by atoms with Gasteiger partial charge in [-0.25, -0.2) is 9.97 Å². The number of carbonyl (C=O) groups is 2. The van der Waals surface area contributed by atoms with E-state index < -0.39 is 6.04 Å². The molecule has 1 aliphatic rings. The molecule has 3 aromatic rings. The number of piperazine rings is 1. The van der Waals surface area contributed by atoms with Crippen LogP contribution in [0.2, 0.25) is 0 Å². The van der Waals surface area contributed by atoms with Gasteiger partial charge < -0.3 is 15.5 Å². The summed E-state index contributed by atoms with van der Waals surface area (Å²) in [6.45, 7) is 2.40. The van der Waals surface area contributed by atoms with Gasteiger partial charge in [0.05, 0.1) is 0 Å². The van der Waals surface area contributed by atoms with E-state index in [1.165, 1.54) is 5.56 Å². The lowest BCUT2D eigenvalue weighted by molar-refractivity contribution is -0.127. The van der Waals surface area contributed by atoms with Gasteiger partial charge in [0.15, 0.2) is 0 Å². The zero-order valence-electron chi connectivity index (χ0n) is 17.9. The third-order valence-corrected chi connectivity index (χ3v) is 5.45. The maximum Gasteiger partial charge on any atom is 0.254 e. The molecule has 0 saturated carbocycles. The summed E-state index contributed by atoms with van der Waals surface area (Å²) in [5, 5.41) is 5.81. The number of likely N-dealkylation sites (N-methyl/N-ethyl adjacent to an activating group) is 1. The highest BCUT2D eigenvalue weighted by Crippen LogP contribution is 2.20. The molecule has 0 aliphatic carbocycles.